The Morgan fingerprint density at radius 1 is 0.913 bits per heavy atom. The molecule has 3 rings (SSSR count). The first-order chi connectivity index (χ1) is 11.1. The number of ether oxygens (including phenoxy) is 1. The second kappa shape index (κ2) is 6.08. The maximum absolute atomic E-state index is 11.9. The van der Waals surface area contributed by atoms with Crippen LogP contribution in [-0.4, -0.2) is 7.11 Å². The van der Waals surface area contributed by atoms with Crippen LogP contribution in [0.3, 0.4) is 0 Å². The van der Waals surface area contributed by atoms with E-state index in [0.29, 0.717) is 22.6 Å². The molecule has 0 aliphatic rings. The maximum Gasteiger partial charge on any atom is 0.250 e. The van der Waals surface area contributed by atoms with Crippen LogP contribution in [0, 0.1) is 0 Å². The number of benzene rings is 2. The highest BCUT2D eigenvalue weighted by atomic mass is 16.5. The van der Waals surface area contributed by atoms with Gasteiger partial charge in [-0.15, -0.1) is 0 Å². The molecule has 0 aliphatic carbocycles. The topological polar surface area (TPSA) is 55.4 Å². The van der Waals surface area contributed by atoms with Crippen molar-refractivity contribution in [1.29, 1.82) is 0 Å². The quantitative estimate of drug-likeness (QED) is 0.735. The summed E-state index contributed by atoms with van der Waals surface area (Å²) < 4.78 is 5.11. The second-order valence-electron chi connectivity index (χ2n) is 5.31. The normalized spacial score (nSPS) is 10.7. The minimum Gasteiger partial charge on any atom is -0.497 e. The van der Waals surface area contributed by atoms with Gasteiger partial charge in [0.25, 0.3) is 5.43 Å². The third-order valence-corrected chi connectivity index (χ3v) is 3.92. The molecule has 0 atom stereocenters. The fourth-order valence-electron chi connectivity index (χ4n) is 2.51. The van der Waals surface area contributed by atoms with E-state index in [1.165, 1.54) is 5.56 Å². The molecule has 0 spiro atoms. The lowest BCUT2D eigenvalue weighted by Crippen LogP contribution is -2.35. The van der Waals surface area contributed by atoms with Crippen LogP contribution in [0.25, 0.3) is 11.1 Å². The molecular formula is C19H17NO3. The third kappa shape index (κ3) is 2.75. The number of rotatable bonds is 5. The third-order valence-electron chi connectivity index (χ3n) is 3.92. The SMILES string of the molecule is CCc1ccc(Nc2c(-c3ccc(OC)cc3)c(=O)c2=O)cc1. The highest BCUT2D eigenvalue weighted by molar-refractivity contribution is 5.84. The predicted octanol–water partition coefficient (Wildman–Crippen LogP) is 3.26. The lowest BCUT2D eigenvalue weighted by Gasteiger charge is -2.14. The lowest BCUT2D eigenvalue weighted by atomic mass is 9.98. The molecule has 0 unspecified atom stereocenters. The molecule has 116 valence electrons. The Labute approximate surface area is 134 Å². The van der Waals surface area contributed by atoms with Crippen LogP contribution in [0.4, 0.5) is 11.4 Å². The highest BCUT2D eigenvalue weighted by Gasteiger charge is 2.22. The van der Waals surface area contributed by atoms with Crippen molar-refractivity contribution in [2.75, 3.05) is 12.4 Å². The number of anilines is 2. The van der Waals surface area contributed by atoms with Gasteiger partial charge < -0.3 is 10.1 Å². The van der Waals surface area contributed by atoms with Gasteiger partial charge in [0.15, 0.2) is 0 Å². The molecular weight excluding hydrogens is 290 g/mol. The zero-order chi connectivity index (χ0) is 16.4. The van der Waals surface area contributed by atoms with Crippen LogP contribution in [0.15, 0.2) is 58.1 Å². The van der Waals surface area contributed by atoms with Crippen molar-refractivity contribution >= 4 is 11.4 Å². The molecule has 0 amide bonds. The minimum absolute atomic E-state index is 0.351. The minimum atomic E-state index is -0.476. The summed E-state index contributed by atoms with van der Waals surface area (Å²) in [6.07, 6.45) is 0.956. The summed E-state index contributed by atoms with van der Waals surface area (Å²) in [5.74, 6) is 0.706. The summed E-state index contributed by atoms with van der Waals surface area (Å²) in [4.78, 5) is 23.8. The standard InChI is InChI=1S/C19H17NO3/c1-3-12-4-8-14(9-5-12)20-17-16(18(21)19(17)22)13-6-10-15(23-2)11-7-13/h4-11,20H,3H2,1-2H3. The molecule has 4 heteroatoms. The van der Waals surface area contributed by atoms with Gasteiger partial charge in [0.1, 0.15) is 11.4 Å². The maximum atomic E-state index is 11.9. The average molecular weight is 307 g/mol. The summed E-state index contributed by atoms with van der Waals surface area (Å²) in [7, 11) is 1.58. The van der Waals surface area contributed by atoms with Crippen LogP contribution in [0.1, 0.15) is 12.5 Å². The van der Waals surface area contributed by atoms with Crippen LogP contribution in [0.5, 0.6) is 5.75 Å². The van der Waals surface area contributed by atoms with Crippen LogP contribution < -0.4 is 20.9 Å². The number of aryl methyl sites for hydroxylation is 1. The largest absolute Gasteiger partial charge is 0.497 e. The molecule has 3 aromatic carbocycles. The Morgan fingerprint density at radius 3 is 2.13 bits per heavy atom. The molecule has 0 fully saturated rings. The van der Waals surface area contributed by atoms with Gasteiger partial charge in [0, 0.05) is 5.69 Å². The van der Waals surface area contributed by atoms with Gasteiger partial charge >= 0.3 is 0 Å². The molecule has 0 saturated heterocycles. The molecule has 0 aliphatic heterocycles. The molecule has 0 radical (unpaired) electrons. The molecule has 0 aromatic heterocycles. The predicted molar refractivity (Wildman–Crippen MR) is 92.4 cm³/mol. The Bertz CT molecular complexity index is 886. The average Bonchev–Trinajstić information content (AvgIpc) is 2.62. The fourth-order valence-corrected chi connectivity index (χ4v) is 2.51. The van der Waals surface area contributed by atoms with Gasteiger partial charge in [-0.3, -0.25) is 9.59 Å². The smallest absolute Gasteiger partial charge is 0.250 e. The van der Waals surface area contributed by atoms with Gasteiger partial charge in [-0.05, 0) is 41.8 Å². The summed E-state index contributed by atoms with van der Waals surface area (Å²) >= 11 is 0. The van der Waals surface area contributed by atoms with Crippen molar-refractivity contribution in [3.05, 3.63) is 74.5 Å². The second-order valence-corrected chi connectivity index (χ2v) is 5.31. The monoisotopic (exact) mass is 307 g/mol. The summed E-state index contributed by atoms with van der Waals surface area (Å²) in [5.41, 5.74) is 2.57. The Balaban J connectivity index is 1.92. The highest BCUT2D eigenvalue weighted by Crippen LogP contribution is 2.28. The Kier molecular flexibility index (Phi) is 3.98. The van der Waals surface area contributed by atoms with Crippen molar-refractivity contribution in [3.63, 3.8) is 0 Å². The van der Waals surface area contributed by atoms with Crippen molar-refractivity contribution in [2.24, 2.45) is 0 Å². The van der Waals surface area contributed by atoms with E-state index >= 15 is 0 Å². The first-order valence-corrected chi connectivity index (χ1v) is 7.47. The molecule has 3 aromatic rings. The fraction of sp³-hybridized carbons (Fsp3) is 0.158. The van der Waals surface area contributed by atoms with E-state index in [2.05, 4.69) is 12.2 Å². The van der Waals surface area contributed by atoms with Gasteiger partial charge in [0.05, 0.1) is 12.7 Å². The van der Waals surface area contributed by atoms with Gasteiger partial charge in [-0.1, -0.05) is 31.2 Å². The molecule has 0 saturated carbocycles. The van der Waals surface area contributed by atoms with E-state index in [1.807, 2.05) is 24.3 Å². The van der Waals surface area contributed by atoms with E-state index in [1.54, 1.807) is 31.4 Å². The Hall–Kier alpha value is -2.88. The van der Waals surface area contributed by atoms with Crippen molar-refractivity contribution in [1.82, 2.24) is 0 Å². The molecule has 4 nitrogen and oxygen atoms in total. The first kappa shape index (κ1) is 15.0. The van der Waals surface area contributed by atoms with Crippen molar-refractivity contribution in [3.8, 4) is 16.9 Å². The van der Waals surface area contributed by atoms with E-state index in [-0.39, 0.29) is 0 Å². The van der Waals surface area contributed by atoms with Gasteiger partial charge in [0.2, 0.25) is 5.43 Å². The summed E-state index contributed by atoms with van der Waals surface area (Å²) in [6, 6.07) is 14.9. The van der Waals surface area contributed by atoms with E-state index < -0.39 is 10.9 Å². The Morgan fingerprint density at radius 2 is 1.57 bits per heavy atom. The van der Waals surface area contributed by atoms with Gasteiger partial charge in [-0.25, -0.2) is 0 Å². The number of methoxy groups -OCH3 is 1. The number of hydrogen-bond donors (Lipinski definition) is 1. The summed E-state index contributed by atoms with van der Waals surface area (Å²) in [6.45, 7) is 2.08. The summed E-state index contributed by atoms with van der Waals surface area (Å²) in [5, 5.41) is 3.07. The zero-order valence-corrected chi connectivity index (χ0v) is 13.1. The van der Waals surface area contributed by atoms with Crippen LogP contribution in [-0.2, 0) is 6.42 Å². The molecule has 1 N–H and O–H groups in total. The van der Waals surface area contributed by atoms with Crippen LogP contribution in [0.2, 0.25) is 0 Å². The van der Waals surface area contributed by atoms with E-state index in [4.69, 9.17) is 4.74 Å². The molecule has 0 heterocycles. The number of nitrogens with one attached hydrogen (secondary N) is 1. The molecule has 0 bridgehead atoms. The van der Waals surface area contributed by atoms with Crippen molar-refractivity contribution < 1.29 is 4.74 Å². The zero-order valence-electron chi connectivity index (χ0n) is 13.1. The van der Waals surface area contributed by atoms with Gasteiger partial charge in [-0.2, -0.15) is 0 Å². The lowest BCUT2D eigenvalue weighted by molar-refractivity contribution is 0.415. The number of hydrogen-bond acceptors (Lipinski definition) is 4. The van der Waals surface area contributed by atoms with Crippen molar-refractivity contribution in [2.45, 2.75) is 13.3 Å². The van der Waals surface area contributed by atoms with Crippen LogP contribution >= 0.6 is 0 Å². The first-order valence-electron chi connectivity index (χ1n) is 7.47. The molecule has 23 heavy (non-hydrogen) atoms. The van der Waals surface area contributed by atoms with E-state index in [9.17, 15) is 9.59 Å². The van der Waals surface area contributed by atoms with E-state index in [0.717, 1.165) is 12.1 Å².